The number of H-pyrrole nitrogens is 1. The summed E-state index contributed by atoms with van der Waals surface area (Å²) in [6.07, 6.45) is 19.2. The highest BCUT2D eigenvalue weighted by Crippen LogP contribution is 2.25. The van der Waals surface area contributed by atoms with Crippen molar-refractivity contribution in [1.29, 1.82) is 0 Å². The molecule has 0 saturated heterocycles. The molecule has 1 aromatic heterocycles. The van der Waals surface area contributed by atoms with E-state index in [4.69, 9.17) is 17.2 Å². The van der Waals surface area contributed by atoms with E-state index in [0.717, 1.165) is 30.2 Å². The van der Waals surface area contributed by atoms with Gasteiger partial charge in [0.15, 0.2) is 11.7 Å². The van der Waals surface area contributed by atoms with E-state index < -0.39 is 29.7 Å². The number of nitrogens with zero attached hydrogens (tertiary/aromatic N) is 1. The lowest BCUT2D eigenvalue weighted by molar-refractivity contribution is -0.133. The molecule has 0 unspecified atom stereocenters. The Morgan fingerprint density at radius 1 is 0.827 bits per heavy atom. The molecule has 0 aliphatic carbocycles. The number of aromatic amines is 1. The molecule has 0 radical (unpaired) electrons. The fourth-order valence-corrected chi connectivity index (χ4v) is 6.93. The summed E-state index contributed by atoms with van der Waals surface area (Å²) in [7, 11) is 0. The number of hydrogen-bond donors (Lipinski definition) is 5. The van der Waals surface area contributed by atoms with Gasteiger partial charge >= 0.3 is 0 Å². The summed E-state index contributed by atoms with van der Waals surface area (Å²) in [4.78, 5) is 60.2. The number of amides is 2. The smallest absolute Gasteiger partial charge is 0.224 e. The fraction of sp³-hybridized carbons (Fsp3) is 0.683. The first-order chi connectivity index (χ1) is 24.9. The van der Waals surface area contributed by atoms with E-state index in [1.807, 2.05) is 13.8 Å². The number of fused-ring (bicyclic) bond motifs is 1. The highest BCUT2D eigenvalue weighted by atomic mass is 19.1. The molecule has 1 aromatic carbocycles. The number of aromatic nitrogens is 1. The molecule has 10 nitrogen and oxygen atoms in total. The van der Waals surface area contributed by atoms with Gasteiger partial charge in [-0.05, 0) is 61.8 Å². The Kier molecular flexibility index (Phi) is 21.6. The molecule has 292 valence electrons. The second-order valence-corrected chi connectivity index (χ2v) is 15.0. The molecule has 3 atom stereocenters. The van der Waals surface area contributed by atoms with Crippen molar-refractivity contribution in [3.8, 4) is 0 Å². The number of carbonyl (C=O) groups excluding carboxylic acids is 4. The number of ketones is 2. The molecule has 1 heterocycles. The minimum absolute atomic E-state index is 0.00420. The first-order valence-corrected chi connectivity index (χ1v) is 19.9. The van der Waals surface area contributed by atoms with E-state index in [0.29, 0.717) is 24.8 Å². The van der Waals surface area contributed by atoms with Gasteiger partial charge in [0.1, 0.15) is 11.6 Å². The molecule has 0 spiro atoms. The molecule has 52 heavy (non-hydrogen) atoms. The Morgan fingerprint density at radius 2 is 1.44 bits per heavy atom. The van der Waals surface area contributed by atoms with Crippen LogP contribution < -0.4 is 22.5 Å². The Hall–Kier alpha value is -3.76. The normalized spacial score (nSPS) is 13.2. The molecule has 0 aliphatic rings. The number of Topliss-reactive ketones (excluding diaryl/α,β-unsaturated/α-hetero) is 2. The largest absolute Gasteiger partial charge is 0.370 e. The van der Waals surface area contributed by atoms with Gasteiger partial charge in [-0.3, -0.25) is 24.2 Å². The average Bonchev–Trinajstić information content (AvgIpc) is 3.48. The molecule has 2 rings (SSSR count). The number of carbonyl (C=O) groups is 4. The SMILES string of the molecule is CCCCCCCCCCCCCCCC(=O)C[C@@H](Cc1c[nH]c2cc(F)ccc12)C(=O)N[C@@H](CCCN=C(N)N)C(=O)C[C@@H](CC(C)C)C(N)=O. The van der Waals surface area contributed by atoms with Crippen LogP contribution in [0.4, 0.5) is 4.39 Å². The Morgan fingerprint density at radius 3 is 2.02 bits per heavy atom. The van der Waals surface area contributed by atoms with Crippen LogP contribution in [0.3, 0.4) is 0 Å². The van der Waals surface area contributed by atoms with E-state index in [2.05, 4.69) is 22.2 Å². The van der Waals surface area contributed by atoms with Crippen molar-refractivity contribution in [2.45, 2.75) is 155 Å². The van der Waals surface area contributed by atoms with E-state index in [1.54, 1.807) is 12.3 Å². The molecule has 0 saturated carbocycles. The number of halogens is 1. The first kappa shape index (κ1) is 44.4. The van der Waals surface area contributed by atoms with Gasteiger partial charge in [0.05, 0.1) is 6.04 Å². The minimum Gasteiger partial charge on any atom is -0.370 e. The minimum atomic E-state index is -0.911. The van der Waals surface area contributed by atoms with Crippen molar-refractivity contribution in [2.24, 2.45) is 39.9 Å². The molecule has 0 aliphatic heterocycles. The zero-order valence-corrected chi connectivity index (χ0v) is 32.2. The van der Waals surface area contributed by atoms with Crippen LogP contribution in [0.15, 0.2) is 29.4 Å². The second-order valence-electron chi connectivity index (χ2n) is 15.0. The lowest BCUT2D eigenvalue weighted by atomic mass is 9.88. The topological polar surface area (TPSA) is 187 Å². The van der Waals surface area contributed by atoms with Crippen LogP contribution in [0.25, 0.3) is 10.9 Å². The summed E-state index contributed by atoms with van der Waals surface area (Å²) in [5.74, 6) is -3.00. The number of unbranched alkanes of at least 4 members (excludes halogenated alkanes) is 12. The molecule has 8 N–H and O–H groups in total. The number of guanidine groups is 1. The second kappa shape index (κ2) is 25.3. The highest BCUT2D eigenvalue weighted by molar-refractivity contribution is 5.94. The number of nitrogens with two attached hydrogens (primary N) is 3. The van der Waals surface area contributed by atoms with E-state index in [9.17, 15) is 23.6 Å². The van der Waals surface area contributed by atoms with Crippen LogP contribution >= 0.6 is 0 Å². The lowest BCUT2D eigenvalue weighted by Gasteiger charge is -2.24. The predicted molar refractivity (Wildman–Crippen MR) is 209 cm³/mol. The molecule has 0 bridgehead atoms. The van der Waals surface area contributed by atoms with Crippen molar-refractivity contribution < 1.29 is 23.6 Å². The third kappa shape index (κ3) is 18.1. The fourth-order valence-electron chi connectivity index (χ4n) is 6.93. The maximum absolute atomic E-state index is 14.0. The molecule has 0 fully saturated rings. The molecular formula is C41H67FN6O4. The van der Waals surface area contributed by atoms with E-state index >= 15 is 0 Å². The van der Waals surface area contributed by atoms with Crippen LogP contribution in [0.1, 0.15) is 148 Å². The maximum atomic E-state index is 14.0. The highest BCUT2D eigenvalue weighted by Gasteiger charge is 2.30. The third-order valence-corrected chi connectivity index (χ3v) is 9.86. The van der Waals surface area contributed by atoms with Crippen LogP contribution in [-0.2, 0) is 25.6 Å². The average molecular weight is 727 g/mol. The Labute approximate surface area is 311 Å². The zero-order chi connectivity index (χ0) is 38.3. The van der Waals surface area contributed by atoms with Gasteiger partial charge in [-0.2, -0.15) is 0 Å². The molecule has 2 amide bonds. The van der Waals surface area contributed by atoms with Gasteiger partial charge in [-0.15, -0.1) is 0 Å². The van der Waals surface area contributed by atoms with Gasteiger partial charge in [-0.25, -0.2) is 4.39 Å². The summed E-state index contributed by atoms with van der Waals surface area (Å²) in [6, 6.07) is 3.51. The van der Waals surface area contributed by atoms with Crippen molar-refractivity contribution in [3.05, 3.63) is 35.8 Å². The van der Waals surface area contributed by atoms with Gasteiger partial charge in [0, 0.05) is 54.7 Å². The van der Waals surface area contributed by atoms with Gasteiger partial charge in [0.2, 0.25) is 11.8 Å². The maximum Gasteiger partial charge on any atom is 0.224 e. The van der Waals surface area contributed by atoms with Crippen LogP contribution in [0, 0.1) is 23.6 Å². The van der Waals surface area contributed by atoms with Gasteiger partial charge in [0.25, 0.3) is 0 Å². The van der Waals surface area contributed by atoms with E-state index in [-0.39, 0.29) is 61.5 Å². The number of primary amides is 1. The third-order valence-electron chi connectivity index (χ3n) is 9.86. The van der Waals surface area contributed by atoms with Gasteiger partial charge in [-0.1, -0.05) is 97.8 Å². The predicted octanol–water partition coefficient (Wildman–Crippen LogP) is 7.55. The quantitative estimate of drug-likeness (QED) is 0.0314. The Balaban J connectivity index is 2.06. The lowest BCUT2D eigenvalue weighted by Crippen LogP contribution is -2.45. The summed E-state index contributed by atoms with van der Waals surface area (Å²) in [5.41, 5.74) is 18.0. The molecular weight excluding hydrogens is 659 g/mol. The van der Waals surface area contributed by atoms with Crippen molar-refractivity contribution >= 4 is 40.2 Å². The van der Waals surface area contributed by atoms with Crippen LogP contribution in [-0.4, -0.2) is 46.9 Å². The number of aliphatic imine (C=N–C) groups is 1. The van der Waals surface area contributed by atoms with Gasteiger partial charge < -0.3 is 27.5 Å². The number of rotatable bonds is 30. The summed E-state index contributed by atoms with van der Waals surface area (Å²) in [5, 5.41) is 3.69. The summed E-state index contributed by atoms with van der Waals surface area (Å²) >= 11 is 0. The number of hydrogen-bond acceptors (Lipinski definition) is 5. The number of benzene rings is 1. The number of nitrogens with one attached hydrogen (secondary N) is 2. The van der Waals surface area contributed by atoms with Crippen molar-refractivity contribution in [2.75, 3.05) is 6.54 Å². The van der Waals surface area contributed by atoms with Crippen molar-refractivity contribution in [3.63, 3.8) is 0 Å². The monoisotopic (exact) mass is 727 g/mol. The zero-order valence-electron chi connectivity index (χ0n) is 32.2. The van der Waals surface area contributed by atoms with E-state index in [1.165, 1.54) is 76.3 Å². The Bertz CT molecular complexity index is 1400. The molecule has 11 heteroatoms. The van der Waals surface area contributed by atoms with Crippen molar-refractivity contribution in [1.82, 2.24) is 10.3 Å². The summed E-state index contributed by atoms with van der Waals surface area (Å²) < 4.78 is 13.9. The van der Waals surface area contributed by atoms with Crippen LogP contribution in [0.5, 0.6) is 0 Å². The standard InChI is InChI=1S/C41H67FN6O4/c1-4-5-6-7-8-9-10-11-12-13-14-15-16-18-34(49)25-31(24-32-28-47-37-27-33(42)20-21-35(32)37)40(52)48-36(19-17-22-46-41(44)45)38(50)26-30(39(43)51)23-29(2)3/h20-21,27-31,36,47H,4-19,22-26H2,1-3H3,(H2,43,51)(H,48,52)(H4,44,45,46)/t30-,31-,36+/m1/s1. The first-order valence-electron chi connectivity index (χ1n) is 19.9. The summed E-state index contributed by atoms with van der Waals surface area (Å²) in [6.45, 7) is 6.41. The molecule has 2 aromatic rings. The van der Waals surface area contributed by atoms with Crippen LogP contribution in [0.2, 0.25) is 0 Å².